The third kappa shape index (κ3) is 5.05. The molecule has 0 aliphatic rings. The summed E-state index contributed by atoms with van der Waals surface area (Å²) in [7, 11) is 0. The monoisotopic (exact) mass is 295 g/mol. The third-order valence-corrected chi connectivity index (χ3v) is 2.61. The molecule has 21 heavy (non-hydrogen) atoms. The zero-order valence-electron chi connectivity index (χ0n) is 11.9. The Labute approximate surface area is 122 Å². The molecule has 0 aliphatic carbocycles. The molecule has 0 spiro atoms. The summed E-state index contributed by atoms with van der Waals surface area (Å²) in [6, 6.07) is 5.26. The van der Waals surface area contributed by atoms with Gasteiger partial charge >= 0.3 is 0 Å². The highest BCUT2D eigenvalue weighted by Gasteiger charge is 2.23. The van der Waals surface area contributed by atoms with E-state index in [0.717, 1.165) is 6.07 Å². The van der Waals surface area contributed by atoms with Crippen LogP contribution in [0.1, 0.15) is 30.6 Å². The van der Waals surface area contributed by atoms with E-state index in [2.05, 4.69) is 0 Å². The SMILES string of the molecule is CCOC(OCC)C(=O)CC(=O)c1cccc([N+](=O)[O-])c1. The number of hydrogen-bond acceptors (Lipinski definition) is 6. The molecule has 0 aliphatic heterocycles. The molecule has 7 heteroatoms. The van der Waals surface area contributed by atoms with Gasteiger partial charge in [0.1, 0.15) is 0 Å². The minimum absolute atomic E-state index is 0.115. The van der Waals surface area contributed by atoms with Gasteiger partial charge in [-0.1, -0.05) is 12.1 Å². The molecule has 1 aromatic rings. The van der Waals surface area contributed by atoms with Crippen LogP contribution in [-0.4, -0.2) is 36.0 Å². The van der Waals surface area contributed by atoms with E-state index in [1.54, 1.807) is 13.8 Å². The summed E-state index contributed by atoms with van der Waals surface area (Å²) >= 11 is 0. The second-order valence-electron chi connectivity index (χ2n) is 4.12. The van der Waals surface area contributed by atoms with Crippen molar-refractivity contribution in [1.82, 2.24) is 0 Å². The zero-order chi connectivity index (χ0) is 15.8. The molecule has 0 amide bonds. The molecule has 0 heterocycles. The number of nitro benzene ring substituents is 1. The van der Waals surface area contributed by atoms with E-state index in [9.17, 15) is 19.7 Å². The Hall–Kier alpha value is -2.12. The summed E-state index contributed by atoms with van der Waals surface area (Å²) in [4.78, 5) is 34.0. The molecule has 7 nitrogen and oxygen atoms in total. The van der Waals surface area contributed by atoms with E-state index in [1.807, 2.05) is 0 Å². The van der Waals surface area contributed by atoms with Crippen molar-refractivity contribution >= 4 is 17.3 Å². The molecule has 114 valence electrons. The highest BCUT2D eigenvalue weighted by molar-refractivity contribution is 6.09. The first-order chi connectivity index (χ1) is 9.99. The molecule has 0 unspecified atom stereocenters. The molecule has 0 N–H and O–H groups in total. The van der Waals surface area contributed by atoms with Gasteiger partial charge in [0, 0.05) is 30.9 Å². The van der Waals surface area contributed by atoms with Crippen molar-refractivity contribution in [2.45, 2.75) is 26.6 Å². The number of Topliss-reactive ketones (excluding diaryl/α,β-unsaturated/α-hetero) is 2. The van der Waals surface area contributed by atoms with Crippen molar-refractivity contribution < 1.29 is 24.0 Å². The molecule has 0 saturated carbocycles. The fourth-order valence-corrected chi connectivity index (χ4v) is 1.67. The van der Waals surface area contributed by atoms with Gasteiger partial charge in [-0.25, -0.2) is 0 Å². The van der Waals surface area contributed by atoms with Gasteiger partial charge in [-0.3, -0.25) is 19.7 Å². The van der Waals surface area contributed by atoms with E-state index in [0.29, 0.717) is 0 Å². The van der Waals surface area contributed by atoms with Gasteiger partial charge in [-0.2, -0.15) is 0 Å². The summed E-state index contributed by atoms with van der Waals surface area (Å²) in [5.74, 6) is -1.01. The summed E-state index contributed by atoms with van der Waals surface area (Å²) in [6.07, 6.45) is -1.51. The smallest absolute Gasteiger partial charge is 0.270 e. The lowest BCUT2D eigenvalue weighted by Crippen LogP contribution is -2.29. The number of benzene rings is 1. The Bertz CT molecular complexity index is 522. The van der Waals surface area contributed by atoms with Crippen LogP contribution in [-0.2, 0) is 14.3 Å². The van der Waals surface area contributed by atoms with Crippen LogP contribution in [0.25, 0.3) is 0 Å². The zero-order valence-corrected chi connectivity index (χ0v) is 11.9. The molecule has 0 bridgehead atoms. The minimum Gasteiger partial charge on any atom is -0.346 e. The van der Waals surface area contributed by atoms with Crippen LogP contribution in [0.4, 0.5) is 5.69 Å². The van der Waals surface area contributed by atoms with Crippen molar-refractivity contribution in [2.24, 2.45) is 0 Å². The first-order valence-electron chi connectivity index (χ1n) is 6.53. The van der Waals surface area contributed by atoms with Crippen molar-refractivity contribution in [2.75, 3.05) is 13.2 Å². The lowest BCUT2D eigenvalue weighted by molar-refractivity contribution is -0.384. The third-order valence-electron chi connectivity index (χ3n) is 2.61. The van der Waals surface area contributed by atoms with E-state index >= 15 is 0 Å². The molecule has 1 rings (SSSR count). The van der Waals surface area contributed by atoms with Gasteiger partial charge in [0.05, 0.1) is 11.3 Å². The van der Waals surface area contributed by atoms with Crippen LogP contribution in [0, 0.1) is 10.1 Å². The van der Waals surface area contributed by atoms with Crippen molar-refractivity contribution in [3.05, 3.63) is 39.9 Å². The number of nitrogens with zero attached hydrogens (tertiary/aromatic N) is 1. The van der Waals surface area contributed by atoms with Gasteiger partial charge in [-0.15, -0.1) is 0 Å². The summed E-state index contributed by atoms with van der Waals surface area (Å²) in [5, 5.41) is 10.7. The quantitative estimate of drug-likeness (QED) is 0.228. The number of ether oxygens (including phenoxy) is 2. The highest BCUT2D eigenvalue weighted by Crippen LogP contribution is 2.15. The Morgan fingerprint density at radius 1 is 1.24 bits per heavy atom. The molecule has 0 saturated heterocycles. The maximum Gasteiger partial charge on any atom is 0.270 e. The molecular weight excluding hydrogens is 278 g/mol. The fraction of sp³-hybridized carbons (Fsp3) is 0.429. The number of ketones is 2. The maximum atomic E-state index is 12.0. The average molecular weight is 295 g/mol. The molecular formula is C14H17NO6. The number of nitro groups is 1. The molecule has 0 aromatic heterocycles. The summed E-state index contributed by atoms with van der Waals surface area (Å²) < 4.78 is 10.2. The van der Waals surface area contributed by atoms with Crippen LogP contribution >= 0.6 is 0 Å². The van der Waals surface area contributed by atoms with Crippen LogP contribution in [0.5, 0.6) is 0 Å². The minimum atomic E-state index is -1.08. The predicted molar refractivity (Wildman–Crippen MR) is 74.1 cm³/mol. The standard InChI is InChI=1S/C14H17NO6/c1-3-20-14(21-4-2)13(17)9-12(16)10-6-5-7-11(8-10)15(18)19/h5-8,14H,3-4,9H2,1-2H3. The Kier molecular flexibility index (Phi) is 6.64. The number of carbonyl (C=O) groups is 2. The number of rotatable bonds is 9. The normalized spacial score (nSPS) is 10.6. The molecule has 0 radical (unpaired) electrons. The van der Waals surface area contributed by atoms with Crippen molar-refractivity contribution in [3.63, 3.8) is 0 Å². The Morgan fingerprint density at radius 2 is 1.86 bits per heavy atom. The van der Waals surface area contributed by atoms with Crippen molar-refractivity contribution in [1.29, 1.82) is 0 Å². The molecule has 1 aromatic carbocycles. The summed E-state index contributed by atoms with van der Waals surface area (Å²) in [5.41, 5.74) is -0.0798. The van der Waals surface area contributed by atoms with E-state index in [-0.39, 0.29) is 24.5 Å². The predicted octanol–water partition coefficient (Wildman–Crippen LogP) is 2.14. The largest absolute Gasteiger partial charge is 0.346 e. The second kappa shape index (κ2) is 8.23. The van der Waals surface area contributed by atoms with Crippen LogP contribution in [0.15, 0.2) is 24.3 Å². The highest BCUT2D eigenvalue weighted by atomic mass is 16.7. The van der Waals surface area contributed by atoms with Gasteiger partial charge in [0.2, 0.25) is 6.29 Å². The Balaban J connectivity index is 2.77. The summed E-state index contributed by atoms with van der Waals surface area (Å²) in [6.45, 7) is 3.98. The van der Waals surface area contributed by atoms with Crippen LogP contribution < -0.4 is 0 Å². The molecule has 0 fully saturated rings. The van der Waals surface area contributed by atoms with Crippen LogP contribution in [0.2, 0.25) is 0 Å². The Morgan fingerprint density at radius 3 is 2.38 bits per heavy atom. The first kappa shape index (κ1) is 16.9. The maximum absolute atomic E-state index is 12.0. The van der Waals surface area contributed by atoms with Crippen molar-refractivity contribution in [3.8, 4) is 0 Å². The van der Waals surface area contributed by atoms with E-state index in [1.165, 1.54) is 18.2 Å². The number of carbonyl (C=O) groups excluding carboxylic acids is 2. The fourth-order valence-electron chi connectivity index (χ4n) is 1.67. The lowest BCUT2D eigenvalue weighted by Gasteiger charge is -2.15. The van der Waals surface area contributed by atoms with Gasteiger partial charge < -0.3 is 9.47 Å². The molecule has 0 atom stereocenters. The van der Waals surface area contributed by atoms with Gasteiger partial charge in [0.15, 0.2) is 11.6 Å². The lowest BCUT2D eigenvalue weighted by atomic mass is 10.1. The van der Waals surface area contributed by atoms with E-state index in [4.69, 9.17) is 9.47 Å². The van der Waals surface area contributed by atoms with Gasteiger partial charge in [-0.05, 0) is 13.8 Å². The number of hydrogen-bond donors (Lipinski definition) is 0. The second-order valence-corrected chi connectivity index (χ2v) is 4.12. The average Bonchev–Trinajstić information content (AvgIpc) is 2.47. The first-order valence-corrected chi connectivity index (χ1v) is 6.53. The number of non-ortho nitro benzene ring substituents is 1. The van der Waals surface area contributed by atoms with E-state index < -0.39 is 29.2 Å². The van der Waals surface area contributed by atoms with Gasteiger partial charge in [0.25, 0.3) is 5.69 Å². The topological polar surface area (TPSA) is 95.7 Å². The van der Waals surface area contributed by atoms with Crippen LogP contribution in [0.3, 0.4) is 0 Å².